The molecule has 1 aromatic heterocycles. The van der Waals surface area contributed by atoms with Crippen molar-refractivity contribution in [1.29, 1.82) is 0 Å². The number of aromatic nitrogens is 1. The van der Waals surface area contributed by atoms with E-state index in [-0.39, 0.29) is 30.4 Å². The van der Waals surface area contributed by atoms with Crippen molar-refractivity contribution >= 4 is 11.8 Å². The first-order valence-electron chi connectivity index (χ1n) is 13.4. The van der Waals surface area contributed by atoms with E-state index in [2.05, 4.69) is 59.0 Å². The predicted molar refractivity (Wildman–Crippen MR) is 145 cm³/mol. The summed E-state index contributed by atoms with van der Waals surface area (Å²) in [5.41, 5.74) is 3.00. The van der Waals surface area contributed by atoms with Gasteiger partial charge in [-0.3, -0.25) is 9.59 Å². The van der Waals surface area contributed by atoms with E-state index in [0.29, 0.717) is 12.1 Å². The van der Waals surface area contributed by atoms with Crippen LogP contribution in [0.15, 0.2) is 79.0 Å². The van der Waals surface area contributed by atoms with E-state index >= 15 is 0 Å². The molecule has 0 spiro atoms. The van der Waals surface area contributed by atoms with Crippen molar-refractivity contribution in [2.75, 3.05) is 6.54 Å². The summed E-state index contributed by atoms with van der Waals surface area (Å²) in [7, 11) is 0. The van der Waals surface area contributed by atoms with Gasteiger partial charge in [0.25, 0.3) is 5.91 Å². The minimum absolute atomic E-state index is 0.0168. The molecule has 0 aliphatic heterocycles. The van der Waals surface area contributed by atoms with Gasteiger partial charge in [0.15, 0.2) is 0 Å². The average molecular weight is 486 g/mol. The highest BCUT2D eigenvalue weighted by Gasteiger charge is 2.30. The van der Waals surface area contributed by atoms with Gasteiger partial charge < -0.3 is 14.4 Å². The second kappa shape index (κ2) is 12.6. The van der Waals surface area contributed by atoms with Crippen molar-refractivity contribution in [1.82, 2.24) is 14.4 Å². The number of hydrogen-bond acceptors (Lipinski definition) is 2. The Morgan fingerprint density at radius 1 is 0.917 bits per heavy atom. The Hall–Kier alpha value is -3.34. The Labute approximate surface area is 215 Å². The fourth-order valence-electron chi connectivity index (χ4n) is 5.15. The third-order valence-corrected chi connectivity index (χ3v) is 7.50. The lowest BCUT2D eigenvalue weighted by Crippen LogP contribution is -2.49. The van der Waals surface area contributed by atoms with E-state index in [9.17, 15) is 9.59 Å². The third-order valence-electron chi connectivity index (χ3n) is 7.50. The molecular weight excluding hydrogens is 446 g/mol. The second-order valence-electron chi connectivity index (χ2n) is 9.98. The zero-order chi connectivity index (χ0) is 25.3. The zero-order valence-electron chi connectivity index (χ0n) is 21.7. The fraction of sp³-hybridized carbons (Fsp3) is 0.419. The summed E-state index contributed by atoms with van der Waals surface area (Å²) in [5.74, 6) is -0.0340. The highest BCUT2D eigenvalue weighted by Crippen LogP contribution is 2.25. The molecule has 1 aliphatic rings. The summed E-state index contributed by atoms with van der Waals surface area (Å²) >= 11 is 0. The zero-order valence-corrected chi connectivity index (χ0v) is 21.7. The van der Waals surface area contributed by atoms with Gasteiger partial charge in [-0.15, -0.1) is 0 Å². The first kappa shape index (κ1) is 25.7. The van der Waals surface area contributed by atoms with Crippen molar-refractivity contribution in [2.45, 2.75) is 77.5 Å². The van der Waals surface area contributed by atoms with Crippen LogP contribution >= 0.6 is 0 Å². The van der Waals surface area contributed by atoms with Gasteiger partial charge in [0, 0.05) is 36.1 Å². The molecule has 0 N–H and O–H groups in total. The molecule has 1 atom stereocenters. The van der Waals surface area contributed by atoms with Crippen LogP contribution in [-0.4, -0.2) is 44.8 Å². The van der Waals surface area contributed by atoms with Gasteiger partial charge in [-0.05, 0) is 56.0 Å². The Balaban J connectivity index is 1.56. The minimum Gasteiger partial charge on any atom is -0.345 e. The van der Waals surface area contributed by atoms with Crippen LogP contribution < -0.4 is 0 Å². The lowest BCUT2D eigenvalue weighted by atomic mass is 9.94. The molecule has 2 aromatic carbocycles. The predicted octanol–water partition coefficient (Wildman–Crippen LogP) is 6.14. The molecule has 36 heavy (non-hydrogen) atoms. The smallest absolute Gasteiger partial charge is 0.254 e. The number of carbonyl (C=O) groups excluding carboxylic acids is 2. The summed E-state index contributed by atoms with van der Waals surface area (Å²) < 4.78 is 2.24. The van der Waals surface area contributed by atoms with Crippen LogP contribution in [0.1, 0.15) is 74.0 Å². The summed E-state index contributed by atoms with van der Waals surface area (Å²) in [6.07, 6.45) is 8.48. The van der Waals surface area contributed by atoms with Crippen LogP contribution in [0.4, 0.5) is 0 Å². The molecule has 1 aliphatic carbocycles. The van der Waals surface area contributed by atoms with Crippen molar-refractivity contribution < 1.29 is 9.59 Å². The number of rotatable bonds is 10. The number of carbonyl (C=O) groups is 2. The Kier molecular flexibility index (Phi) is 8.99. The number of hydrogen-bond donors (Lipinski definition) is 0. The van der Waals surface area contributed by atoms with Gasteiger partial charge in [0.1, 0.15) is 6.54 Å². The van der Waals surface area contributed by atoms with Crippen molar-refractivity contribution in [3.63, 3.8) is 0 Å². The maximum Gasteiger partial charge on any atom is 0.254 e. The van der Waals surface area contributed by atoms with Gasteiger partial charge in [-0.2, -0.15) is 0 Å². The highest BCUT2D eigenvalue weighted by molar-refractivity contribution is 5.96. The molecule has 190 valence electrons. The Morgan fingerprint density at radius 2 is 1.58 bits per heavy atom. The number of amides is 2. The topological polar surface area (TPSA) is 45.6 Å². The standard InChI is InChI=1S/C31H39N3O2/c1-3-25(2)33(31(36)27-16-9-5-10-17-27)24-30(35)34(28-18-11-6-12-19-28)23-29-20-13-21-32(29)22-26-14-7-4-8-15-26/h4-5,7-10,13-17,20-21,25,28H,3,6,11-12,18-19,22-24H2,1-2H3. The molecule has 5 heteroatoms. The quantitative estimate of drug-likeness (QED) is 0.346. The molecule has 3 aromatic rings. The van der Waals surface area contributed by atoms with E-state index in [1.165, 1.54) is 12.0 Å². The molecule has 0 bridgehead atoms. The molecule has 1 saturated carbocycles. The average Bonchev–Trinajstić information content (AvgIpc) is 3.37. The van der Waals surface area contributed by atoms with E-state index in [1.54, 1.807) is 4.90 Å². The lowest BCUT2D eigenvalue weighted by molar-refractivity contribution is -0.136. The van der Waals surface area contributed by atoms with Crippen LogP contribution in [0.5, 0.6) is 0 Å². The van der Waals surface area contributed by atoms with Gasteiger partial charge in [-0.25, -0.2) is 0 Å². The van der Waals surface area contributed by atoms with Crippen molar-refractivity contribution in [2.24, 2.45) is 0 Å². The molecule has 1 fully saturated rings. The molecule has 4 rings (SSSR count). The van der Waals surface area contributed by atoms with Gasteiger partial charge in [0.2, 0.25) is 5.91 Å². The summed E-state index contributed by atoms with van der Waals surface area (Å²) in [5, 5.41) is 0. The van der Waals surface area contributed by atoms with Crippen LogP contribution in [0, 0.1) is 0 Å². The third kappa shape index (κ3) is 6.45. The van der Waals surface area contributed by atoms with Crippen LogP contribution in [0.2, 0.25) is 0 Å². The molecule has 1 unspecified atom stereocenters. The van der Waals surface area contributed by atoms with Crippen LogP contribution in [0.3, 0.4) is 0 Å². The SMILES string of the molecule is CCC(C)N(CC(=O)N(Cc1cccn1Cc1ccccc1)C1CCCCC1)C(=O)c1ccccc1. The maximum atomic E-state index is 13.9. The fourth-order valence-corrected chi connectivity index (χ4v) is 5.15. The number of nitrogens with zero attached hydrogens (tertiary/aromatic N) is 3. The van der Waals surface area contributed by atoms with Crippen LogP contribution in [0.25, 0.3) is 0 Å². The molecule has 0 radical (unpaired) electrons. The second-order valence-corrected chi connectivity index (χ2v) is 9.98. The van der Waals surface area contributed by atoms with Gasteiger partial charge >= 0.3 is 0 Å². The molecule has 0 saturated heterocycles. The van der Waals surface area contributed by atoms with Gasteiger partial charge in [0.05, 0.1) is 6.54 Å². The van der Waals surface area contributed by atoms with E-state index in [1.807, 2.05) is 43.3 Å². The van der Waals surface area contributed by atoms with Crippen molar-refractivity contribution in [3.05, 3.63) is 95.8 Å². The molecule has 1 heterocycles. The van der Waals surface area contributed by atoms with E-state index in [4.69, 9.17) is 0 Å². The highest BCUT2D eigenvalue weighted by atomic mass is 16.2. The normalized spacial score (nSPS) is 14.8. The van der Waals surface area contributed by atoms with E-state index < -0.39 is 0 Å². The Bertz CT molecular complexity index is 1100. The molecular formula is C31H39N3O2. The minimum atomic E-state index is -0.0747. The summed E-state index contributed by atoms with van der Waals surface area (Å²) in [6.45, 7) is 5.55. The first-order chi connectivity index (χ1) is 17.6. The van der Waals surface area contributed by atoms with Gasteiger partial charge in [-0.1, -0.05) is 74.7 Å². The van der Waals surface area contributed by atoms with Crippen LogP contribution in [-0.2, 0) is 17.9 Å². The molecule has 2 amide bonds. The Morgan fingerprint density at radius 3 is 2.25 bits per heavy atom. The lowest BCUT2D eigenvalue weighted by Gasteiger charge is -2.37. The largest absolute Gasteiger partial charge is 0.345 e. The monoisotopic (exact) mass is 485 g/mol. The summed E-state index contributed by atoms with van der Waals surface area (Å²) in [6, 6.07) is 24.1. The van der Waals surface area contributed by atoms with E-state index in [0.717, 1.165) is 44.3 Å². The first-order valence-corrected chi connectivity index (χ1v) is 13.4. The maximum absolute atomic E-state index is 13.9. The van der Waals surface area contributed by atoms with Crippen molar-refractivity contribution in [3.8, 4) is 0 Å². The molecule has 5 nitrogen and oxygen atoms in total. The number of benzene rings is 2. The summed E-state index contributed by atoms with van der Waals surface area (Å²) in [4.78, 5) is 31.2.